The number of benzene rings is 1. The molecule has 0 saturated carbocycles. The van der Waals surface area contributed by atoms with E-state index in [0.29, 0.717) is 6.54 Å². The lowest BCUT2D eigenvalue weighted by atomic mass is 10.2. The molecule has 21 heavy (non-hydrogen) atoms. The third-order valence-corrected chi connectivity index (χ3v) is 3.36. The van der Waals surface area contributed by atoms with Crippen molar-refractivity contribution in [3.8, 4) is 0 Å². The third kappa shape index (κ3) is 4.62. The van der Waals surface area contributed by atoms with Gasteiger partial charge in [0.1, 0.15) is 0 Å². The molecule has 0 atom stereocenters. The zero-order chi connectivity index (χ0) is 15.2. The van der Waals surface area contributed by atoms with Gasteiger partial charge in [-0.2, -0.15) is 0 Å². The Morgan fingerprint density at radius 1 is 1.38 bits per heavy atom. The topological polar surface area (TPSA) is 37.3 Å². The minimum atomic E-state index is -0.0589. The van der Waals surface area contributed by atoms with Crippen LogP contribution >= 0.6 is 11.6 Å². The van der Waals surface area contributed by atoms with Crippen molar-refractivity contribution in [1.29, 1.82) is 0 Å². The Balaban J connectivity index is 1.85. The number of carbonyl (C=O) groups excluding carboxylic acids is 1. The molecular formula is C16H20ClN3O. The molecule has 0 aliphatic heterocycles. The van der Waals surface area contributed by atoms with Gasteiger partial charge in [-0.1, -0.05) is 17.7 Å². The first-order chi connectivity index (χ1) is 10.1. The molecule has 2 aromatic rings. The molecule has 0 radical (unpaired) electrons. The molecule has 0 bridgehead atoms. The number of likely N-dealkylation sites (N-methyl/N-ethyl adjacent to an activating group) is 1. The van der Waals surface area contributed by atoms with Gasteiger partial charge in [-0.15, -0.1) is 0 Å². The standard InChI is InChI=1S/C16H20ClN3O/c1-19(2)9-3-4-16(21)18-8-11-20-10-7-13-12-14(17)5-6-15(13)20/h3-7,10,12H,8-9,11H2,1-2H3,(H,18,21)/b4-3+. The third-order valence-electron chi connectivity index (χ3n) is 3.12. The molecule has 1 amide bonds. The first kappa shape index (κ1) is 15.6. The maximum absolute atomic E-state index is 11.6. The fourth-order valence-corrected chi connectivity index (χ4v) is 2.28. The van der Waals surface area contributed by atoms with Crippen LogP contribution in [0.15, 0.2) is 42.6 Å². The van der Waals surface area contributed by atoms with Crippen molar-refractivity contribution in [2.45, 2.75) is 6.54 Å². The van der Waals surface area contributed by atoms with Crippen molar-refractivity contribution >= 4 is 28.4 Å². The molecule has 2 rings (SSSR count). The Bertz CT molecular complexity index is 646. The van der Waals surface area contributed by atoms with Crippen molar-refractivity contribution in [1.82, 2.24) is 14.8 Å². The van der Waals surface area contributed by atoms with E-state index >= 15 is 0 Å². The second-order valence-corrected chi connectivity index (χ2v) is 5.60. The molecule has 0 fully saturated rings. The summed E-state index contributed by atoms with van der Waals surface area (Å²) in [7, 11) is 3.93. The van der Waals surface area contributed by atoms with Crippen LogP contribution < -0.4 is 5.32 Å². The van der Waals surface area contributed by atoms with Crippen LogP contribution in [0.3, 0.4) is 0 Å². The second kappa shape index (κ2) is 7.29. The number of nitrogens with one attached hydrogen (secondary N) is 1. The highest BCUT2D eigenvalue weighted by Crippen LogP contribution is 2.20. The highest BCUT2D eigenvalue weighted by atomic mass is 35.5. The molecule has 1 aromatic carbocycles. The van der Waals surface area contributed by atoms with E-state index in [4.69, 9.17) is 11.6 Å². The summed E-state index contributed by atoms with van der Waals surface area (Å²) in [6.07, 6.45) is 5.44. The molecule has 0 unspecified atom stereocenters. The molecule has 1 N–H and O–H groups in total. The molecule has 1 heterocycles. The SMILES string of the molecule is CN(C)C/C=C/C(=O)NCCn1ccc2cc(Cl)ccc21. The van der Waals surface area contributed by atoms with Crippen LogP contribution in [0.2, 0.25) is 5.02 Å². The number of nitrogens with zero attached hydrogens (tertiary/aromatic N) is 2. The van der Waals surface area contributed by atoms with E-state index in [1.165, 1.54) is 0 Å². The van der Waals surface area contributed by atoms with E-state index in [2.05, 4.69) is 9.88 Å². The lowest BCUT2D eigenvalue weighted by Gasteiger charge is -2.07. The highest BCUT2D eigenvalue weighted by Gasteiger charge is 2.02. The summed E-state index contributed by atoms with van der Waals surface area (Å²) in [6, 6.07) is 7.84. The first-order valence-electron chi connectivity index (χ1n) is 6.90. The second-order valence-electron chi connectivity index (χ2n) is 5.17. The molecular weight excluding hydrogens is 286 g/mol. The monoisotopic (exact) mass is 305 g/mol. The van der Waals surface area contributed by atoms with Crippen molar-refractivity contribution in [3.63, 3.8) is 0 Å². The van der Waals surface area contributed by atoms with E-state index in [0.717, 1.165) is 29.0 Å². The lowest BCUT2D eigenvalue weighted by molar-refractivity contribution is -0.116. The molecule has 0 saturated heterocycles. The maximum Gasteiger partial charge on any atom is 0.243 e. The Morgan fingerprint density at radius 3 is 2.95 bits per heavy atom. The number of hydrogen-bond acceptors (Lipinski definition) is 2. The predicted molar refractivity (Wildman–Crippen MR) is 87.7 cm³/mol. The molecule has 0 spiro atoms. The summed E-state index contributed by atoms with van der Waals surface area (Å²) in [5, 5.41) is 4.73. The van der Waals surface area contributed by atoms with Gasteiger partial charge in [0.25, 0.3) is 0 Å². The number of halogens is 1. The number of hydrogen-bond donors (Lipinski definition) is 1. The summed E-state index contributed by atoms with van der Waals surface area (Å²) < 4.78 is 2.11. The zero-order valence-electron chi connectivity index (χ0n) is 12.3. The minimum Gasteiger partial charge on any atom is -0.351 e. The van der Waals surface area contributed by atoms with Gasteiger partial charge in [0.05, 0.1) is 0 Å². The molecule has 0 aliphatic carbocycles. The maximum atomic E-state index is 11.6. The fourth-order valence-electron chi connectivity index (χ4n) is 2.10. The largest absolute Gasteiger partial charge is 0.351 e. The summed E-state index contributed by atoms with van der Waals surface area (Å²) in [5.41, 5.74) is 1.12. The molecule has 4 nitrogen and oxygen atoms in total. The van der Waals surface area contributed by atoms with Gasteiger partial charge in [-0.25, -0.2) is 0 Å². The summed E-state index contributed by atoms with van der Waals surface area (Å²) in [4.78, 5) is 13.6. The molecule has 5 heteroatoms. The van der Waals surface area contributed by atoms with E-state index in [1.54, 1.807) is 6.08 Å². The van der Waals surface area contributed by atoms with Crippen LogP contribution in [0.1, 0.15) is 0 Å². The van der Waals surface area contributed by atoms with Crippen LogP contribution in [0.4, 0.5) is 0 Å². The summed E-state index contributed by atoms with van der Waals surface area (Å²) in [5.74, 6) is -0.0589. The van der Waals surface area contributed by atoms with Gasteiger partial charge in [0, 0.05) is 47.8 Å². The van der Waals surface area contributed by atoms with E-state index in [9.17, 15) is 4.79 Å². The number of aromatic nitrogens is 1. The quantitative estimate of drug-likeness (QED) is 0.833. The Hall–Kier alpha value is -1.78. The van der Waals surface area contributed by atoms with Gasteiger partial charge < -0.3 is 14.8 Å². The van der Waals surface area contributed by atoms with Crippen LogP contribution in [-0.2, 0) is 11.3 Å². The van der Waals surface area contributed by atoms with Gasteiger partial charge in [0.15, 0.2) is 0 Å². The lowest BCUT2D eigenvalue weighted by Crippen LogP contribution is -2.25. The average molecular weight is 306 g/mol. The van der Waals surface area contributed by atoms with E-state index < -0.39 is 0 Å². The van der Waals surface area contributed by atoms with Gasteiger partial charge in [-0.3, -0.25) is 4.79 Å². The van der Waals surface area contributed by atoms with Crippen molar-refractivity contribution in [3.05, 3.63) is 47.6 Å². The van der Waals surface area contributed by atoms with Crippen LogP contribution in [0.5, 0.6) is 0 Å². The predicted octanol–water partition coefficient (Wildman–Crippen LogP) is 2.53. The molecule has 1 aromatic heterocycles. The van der Waals surface area contributed by atoms with Crippen LogP contribution in [-0.4, -0.2) is 42.6 Å². The van der Waals surface area contributed by atoms with Crippen molar-refractivity contribution < 1.29 is 4.79 Å². The number of carbonyl (C=O) groups is 1. The average Bonchev–Trinajstić information content (AvgIpc) is 2.80. The Labute approximate surface area is 130 Å². The summed E-state index contributed by atoms with van der Waals surface area (Å²) >= 11 is 5.97. The fraction of sp³-hybridized carbons (Fsp3) is 0.312. The minimum absolute atomic E-state index is 0.0589. The number of rotatable bonds is 6. The number of amides is 1. The Morgan fingerprint density at radius 2 is 2.19 bits per heavy atom. The van der Waals surface area contributed by atoms with Gasteiger partial charge in [0.2, 0.25) is 5.91 Å². The molecule has 0 aliphatic rings. The van der Waals surface area contributed by atoms with E-state index in [1.807, 2.05) is 55.5 Å². The first-order valence-corrected chi connectivity index (χ1v) is 7.27. The molecule has 112 valence electrons. The number of fused-ring (bicyclic) bond motifs is 1. The Kier molecular flexibility index (Phi) is 5.42. The van der Waals surface area contributed by atoms with Crippen LogP contribution in [0.25, 0.3) is 10.9 Å². The van der Waals surface area contributed by atoms with Gasteiger partial charge in [-0.05, 0) is 38.4 Å². The smallest absolute Gasteiger partial charge is 0.243 e. The van der Waals surface area contributed by atoms with E-state index in [-0.39, 0.29) is 5.91 Å². The highest BCUT2D eigenvalue weighted by molar-refractivity contribution is 6.31. The van der Waals surface area contributed by atoms with Crippen molar-refractivity contribution in [2.75, 3.05) is 27.2 Å². The van der Waals surface area contributed by atoms with Crippen molar-refractivity contribution in [2.24, 2.45) is 0 Å². The zero-order valence-corrected chi connectivity index (χ0v) is 13.1. The summed E-state index contributed by atoms with van der Waals surface area (Å²) in [6.45, 7) is 2.09. The normalized spacial score (nSPS) is 11.6. The van der Waals surface area contributed by atoms with Crippen LogP contribution in [0, 0.1) is 0 Å². The van der Waals surface area contributed by atoms with Gasteiger partial charge >= 0.3 is 0 Å².